The highest BCUT2D eigenvalue weighted by Crippen LogP contribution is 2.18. The van der Waals surface area contributed by atoms with Gasteiger partial charge in [-0.3, -0.25) is 4.79 Å². The first kappa shape index (κ1) is 12.9. The highest BCUT2D eigenvalue weighted by molar-refractivity contribution is 7.09. The third-order valence-electron chi connectivity index (χ3n) is 2.07. The van der Waals surface area contributed by atoms with Crippen molar-refractivity contribution in [3.05, 3.63) is 29.2 Å². The summed E-state index contributed by atoms with van der Waals surface area (Å²) in [6.07, 6.45) is 4.33. The maximum atomic E-state index is 11.6. The van der Waals surface area contributed by atoms with Gasteiger partial charge in [0.05, 0.1) is 12.6 Å². The Bertz CT molecular complexity index is 324. The minimum absolute atomic E-state index is 0.0103. The smallest absolute Gasteiger partial charge is 0.234 e. The van der Waals surface area contributed by atoms with Crippen LogP contribution in [0.5, 0.6) is 0 Å². The maximum absolute atomic E-state index is 11.6. The number of nitrogens with zero attached hydrogens (tertiary/aromatic N) is 1. The normalized spacial score (nSPS) is 12.1. The van der Waals surface area contributed by atoms with Crippen LogP contribution in [0.3, 0.4) is 0 Å². The average Bonchev–Trinajstić information content (AvgIpc) is 2.79. The second kappa shape index (κ2) is 7.14. The van der Waals surface area contributed by atoms with Crippen molar-refractivity contribution in [2.75, 3.05) is 13.1 Å². The van der Waals surface area contributed by atoms with Gasteiger partial charge in [-0.1, -0.05) is 13.0 Å². The molecule has 1 aromatic rings. The number of amides is 1. The molecule has 1 rings (SSSR count). The van der Waals surface area contributed by atoms with E-state index >= 15 is 0 Å². The zero-order valence-electron chi connectivity index (χ0n) is 9.40. The molecule has 5 heteroatoms. The van der Waals surface area contributed by atoms with Crippen molar-refractivity contribution in [2.45, 2.75) is 19.4 Å². The van der Waals surface area contributed by atoms with Gasteiger partial charge < -0.3 is 10.6 Å². The number of nitrogens with one attached hydrogen (secondary N) is 2. The molecule has 0 aliphatic rings. The minimum atomic E-state index is -0.0103. The second-order valence-corrected chi connectivity index (χ2v) is 4.24. The number of carbonyl (C=O) groups is 1. The van der Waals surface area contributed by atoms with Crippen LogP contribution in [0, 0.1) is 0 Å². The highest BCUT2D eigenvalue weighted by Gasteiger charge is 2.14. The maximum Gasteiger partial charge on any atom is 0.234 e. The minimum Gasteiger partial charge on any atom is -0.346 e. The van der Waals surface area contributed by atoms with Crippen molar-refractivity contribution < 1.29 is 4.79 Å². The fourth-order valence-corrected chi connectivity index (χ4v) is 2.05. The van der Waals surface area contributed by atoms with Gasteiger partial charge in [0.25, 0.3) is 0 Å². The average molecular weight is 239 g/mol. The molecule has 0 spiro atoms. The summed E-state index contributed by atoms with van der Waals surface area (Å²) in [4.78, 5) is 15.8. The van der Waals surface area contributed by atoms with Crippen LogP contribution in [0.1, 0.15) is 24.4 Å². The van der Waals surface area contributed by atoms with Crippen molar-refractivity contribution in [3.8, 4) is 0 Å². The Morgan fingerprint density at radius 1 is 1.75 bits per heavy atom. The lowest BCUT2D eigenvalue weighted by molar-refractivity contribution is -0.121. The van der Waals surface area contributed by atoms with E-state index in [1.165, 1.54) is 0 Å². The van der Waals surface area contributed by atoms with Crippen LogP contribution >= 0.6 is 11.3 Å². The Labute approximate surface area is 99.8 Å². The lowest BCUT2D eigenvalue weighted by Gasteiger charge is -2.14. The standard InChI is InChI=1S/C11H17N3OS/c1-3-5-12-8-10(15)14-9(4-2)11-13-6-7-16-11/h3,6-7,9,12H,1,4-5,8H2,2H3,(H,14,15). The molecule has 0 saturated carbocycles. The summed E-state index contributed by atoms with van der Waals surface area (Å²) in [5.41, 5.74) is 0. The summed E-state index contributed by atoms with van der Waals surface area (Å²) in [5, 5.41) is 8.78. The van der Waals surface area contributed by atoms with E-state index in [-0.39, 0.29) is 11.9 Å². The molecule has 0 saturated heterocycles. The Morgan fingerprint density at radius 2 is 2.56 bits per heavy atom. The summed E-state index contributed by atoms with van der Waals surface area (Å²) in [5.74, 6) is -0.0103. The Kier molecular flexibility index (Phi) is 5.74. The molecule has 0 aromatic carbocycles. The SMILES string of the molecule is C=CCNCC(=O)NC(CC)c1nccs1. The first-order valence-corrected chi connectivity index (χ1v) is 6.16. The Morgan fingerprint density at radius 3 is 3.12 bits per heavy atom. The van der Waals surface area contributed by atoms with Gasteiger partial charge in [0.15, 0.2) is 0 Å². The van der Waals surface area contributed by atoms with E-state index in [4.69, 9.17) is 0 Å². The molecule has 1 heterocycles. The predicted molar refractivity (Wildman–Crippen MR) is 66.4 cm³/mol. The molecule has 16 heavy (non-hydrogen) atoms. The molecule has 0 bridgehead atoms. The molecule has 4 nitrogen and oxygen atoms in total. The lowest BCUT2D eigenvalue weighted by atomic mass is 10.2. The molecule has 0 radical (unpaired) electrons. The van der Waals surface area contributed by atoms with Crippen LogP contribution in [0.4, 0.5) is 0 Å². The third kappa shape index (κ3) is 4.12. The van der Waals surface area contributed by atoms with Crippen LogP contribution in [0.2, 0.25) is 0 Å². The van der Waals surface area contributed by atoms with E-state index in [9.17, 15) is 4.79 Å². The van der Waals surface area contributed by atoms with Gasteiger partial charge in [-0.15, -0.1) is 17.9 Å². The van der Waals surface area contributed by atoms with Gasteiger partial charge in [0.2, 0.25) is 5.91 Å². The van der Waals surface area contributed by atoms with Crippen molar-refractivity contribution in [1.29, 1.82) is 0 Å². The molecule has 1 unspecified atom stereocenters. The zero-order chi connectivity index (χ0) is 11.8. The topological polar surface area (TPSA) is 54.0 Å². The summed E-state index contributed by atoms with van der Waals surface area (Å²) in [7, 11) is 0. The van der Waals surface area contributed by atoms with E-state index in [0.29, 0.717) is 13.1 Å². The Hall–Kier alpha value is -1.20. The van der Waals surface area contributed by atoms with Gasteiger partial charge in [0, 0.05) is 18.1 Å². The number of thiazole rings is 1. The van der Waals surface area contributed by atoms with Gasteiger partial charge in [-0.2, -0.15) is 0 Å². The zero-order valence-corrected chi connectivity index (χ0v) is 10.2. The number of rotatable bonds is 7. The first-order chi connectivity index (χ1) is 7.77. The molecule has 0 aliphatic heterocycles. The molecular weight excluding hydrogens is 222 g/mol. The summed E-state index contributed by atoms with van der Waals surface area (Å²) < 4.78 is 0. The third-order valence-corrected chi connectivity index (χ3v) is 2.96. The molecule has 0 fully saturated rings. The van der Waals surface area contributed by atoms with Crippen LogP contribution in [0.25, 0.3) is 0 Å². The van der Waals surface area contributed by atoms with E-state index in [1.807, 2.05) is 12.3 Å². The molecular formula is C11H17N3OS. The second-order valence-electron chi connectivity index (χ2n) is 3.32. The number of hydrogen-bond donors (Lipinski definition) is 2. The van der Waals surface area contributed by atoms with Crippen LogP contribution in [-0.2, 0) is 4.79 Å². The molecule has 0 aliphatic carbocycles. The van der Waals surface area contributed by atoms with Crippen molar-refractivity contribution >= 4 is 17.2 Å². The monoisotopic (exact) mass is 239 g/mol. The largest absolute Gasteiger partial charge is 0.346 e. The summed E-state index contributed by atoms with van der Waals surface area (Å²) in [6, 6.07) is 0.0260. The number of hydrogen-bond acceptors (Lipinski definition) is 4. The van der Waals surface area contributed by atoms with Crippen molar-refractivity contribution in [1.82, 2.24) is 15.6 Å². The van der Waals surface area contributed by atoms with Gasteiger partial charge in [-0.05, 0) is 6.42 Å². The lowest BCUT2D eigenvalue weighted by Crippen LogP contribution is -2.36. The summed E-state index contributed by atoms with van der Waals surface area (Å²) in [6.45, 7) is 6.56. The first-order valence-electron chi connectivity index (χ1n) is 5.28. The number of carbonyl (C=O) groups excluding carboxylic acids is 1. The Balaban J connectivity index is 2.38. The molecule has 1 aromatic heterocycles. The van der Waals surface area contributed by atoms with E-state index < -0.39 is 0 Å². The molecule has 1 amide bonds. The van der Waals surface area contributed by atoms with Crippen LogP contribution in [-0.4, -0.2) is 24.0 Å². The van der Waals surface area contributed by atoms with Crippen LogP contribution in [0.15, 0.2) is 24.2 Å². The predicted octanol–water partition coefficient (Wildman–Crippen LogP) is 1.49. The van der Waals surface area contributed by atoms with Gasteiger partial charge in [-0.25, -0.2) is 4.98 Å². The summed E-state index contributed by atoms with van der Waals surface area (Å²) >= 11 is 1.56. The molecule has 2 N–H and O–H groups in total. The van der Waals surface area contributed by atoms with E-state index in [0.717, 1.165) is 11.4 Å². The quantitative estimate of drug-likeness (QED) is 0.560. The molecule has 88 valence electrons. The fourth-order valence-electron chi connectivity index (χ4n) is 1.28. The van der Waals surface area contributed by atoms with E-state index in [2.05, 4.69) is 22.2 Å². The van der Waals surface area contributed by atoms with E-state index in [1.54, 1.807) is 23.6 Å². The fraction of sp³-hybridized carbons (Fsp3) is 0.455. The van der Waals surface area contributed by atoms with Crippen LogP contribution < -0.4 is 10.6 Å². The van der Waals surface area contributed by atoms with Gasteiger partial charge in [0.1, 0.15) is 5.01 Å². The highest BCUT2D eigenvalue weighted by atomic mass is 32.1. The van der Waals surface area contributed by atoms with Gasteiger partial charge >= 0.3 is 0 Å². The van der Waals surface area contributed by atoms with Crippen molar-refractivity contribution in [2.24, 2.45) is 0 Å². The number of aromatic nitrogens is 1. The molecule has 1 atom stereocenters. The van der Waals surface area contributed by atoms with Crippen molar-refractivity contribution in [3.63, 3.8) is 0 Å².